The smallest absolute Gasteiger partial charge is 0.325 e. The van der Waals surface area contributed by atoms with Crippen molar-refractivity contribution in [2.75, 3.05) is 13.1 Å². The van der Waals surface area contributed by atoms with Gasteiger partial charge in [-0.1, -0.05) is 36.4 Å². The lowest BCUT2D eigenvalue weighted by Gasteiger charge is -2.29. The van der Waals surface area contributed by atoms with Crippen LogP contribution in [0.5, 0.6) is 0 Å². The summed E-state index contributed by atoms with van der Waals surface area (Å²) >= 11 is 0. The maximum Gasteiger partial charge on any atom is 0.325 e. The molecule has 0 saturated carbocycles. The van der Waals surface area contributed by atoms with Gasteiger partial charge in [0.15, 0.2) is 0 Å². The van der Waals surface area contributed by atoms with Gasteiger partial charge in [0.2, 0.25) is 5.91 Å². The van der Waals surface area contributed by atoms with Crippen molar-refractivity contribution in [2.45, 2.75) is 44.7 Å². The van der Waals surface area contributed by atoms with Gasteiger partial charge in [0.1, 0.15) is 12.1 Å². The van der Waals surface area contributed by atoms with Crippen LogP contribution in [-0.2, 0) is 40.9 Å². The van der Waals surface area contributed by atoms with Crippen LogP contribution in [0.4, 0.5) is 4.79 Å². The summed E-state index contributed by atoms with van der Waals surface area (Å²) in [5.74, 6) is -0.587. The molecule has 1 aromatic heterocycles. The number of para-hydroxylation sites is 1. The second-order valence-corrected chi connectivity index (χ2v) is 9.48. The van der Waals surface area contributed by atoms with Crippen molar-refractivity contribution in [2.24, 2.45) is 0 Å². The van der Waals surface area contributed by atoms with Crippen molar-refractivity contribution in [1.29, 1.82) is 0 Å². The molecule has 33 heavy (non-hydrogen) atoms. The normalized spacial score (nSPS) is 22.0. The summed E-state index contributed by atoms with van der Waals surface area (Å²) in [6.07, 6.45) is 3.89. The molecule has 0 radical (unpaired) electrons. The van der Waals surface area contributed by atoms with E-state index in [2.05, 4.69) is 22.4 Å². The molecule has 1 atom stereocenters. The van der Waals surface area contributed by atoms with Gasteiger partial charge < -0.3 is 15.2 Å². The van der Waals surface area contributed by atoms with Gasteiger partial charge in [-0.15, -0.1) is 0 Å². The van der Waals surface area contributed by atoms with Crippen LogP contribution in [0.3, 0.4) is 0 Å². The van der Waals surface area contributed by atoms with Crippen molar-refractivity contribution in [3.8, 4) is 0 Å². The molecule has 7 nitrogen and oxygen atoms in total. The zero-order chi connectivity index (χ0) is 22.7. The molecule has 2 N–H and O–H groups in total. The van der Waals surface area contributed by atoms with Gasteiger partial charge in [-0.2, -0.15) is 0 Å². The lowest BCUT2D eigenvalue weighted by Crippen LogP contribution is -2.45. The average molecular weight is 443 g/mol. The van der Waals surface area contributed by atoms with Crippen molar-refractivity contribution in [1.82, 2.24) is 20.1 Å². The number of carbonyl (C=O) groups excluding carboxylic acids is 3. The van der Waals surface area contributed by atoms with E-state index in [0.717, 1.165) is 58.3 Å². The monoisotopic (exact) mass is 442 g/mol. The summed E-state index contributed by atoms with van der Waals surface area (Å²) in [5, 5.41) is 3.96. The van der Waals surface area contributed by atoms with Crippen LogP contribution in [0.1, 0.15) is 41.3 Å². The zero-order valence-corrected chi connectivity index (χ0v) is 18.6. The Morgan fingerprint density at radius 3 is 2.76 bits per heavy atom. The molecule has 4 amide bonds. The Morgan fingerprint density at radius 1 is 1.06 bits per heavy atom. The summed E-state index contributed by atoms with van der Waals surface area (Å²) in [4.78, 5) is 45.5. The van der Waals surface area contributed by atoms with Crippen LogP contribution in [0, 0.1) is 0 Å². The first-order valence-electron chi connectivity index (χ1n) is 11.6. The second kappa shape index (κ2) is 7.20. The Hall–Kier alpha value is -3.61. The van der Waals surface area contributed by atoms with E-state index in [9.17, 15) is 14.4 Å². The number of aromatic amines is 1. The molecule has 6 rings (SSSR count). The molecule has 3 aromatic rings. The van der Waals surface area contributed by atoms with E-state index in [-0.39, 0.29) is 18.4 Å². The summed E-state index contributed by atoms with van der Waals surface area (Å²) in [7, 11) is 0. The van der Waals surface area contributed by atoms with E-state index >= 15 is 0 Å². The number of amides is 4. The maximum absolute atomic E-state index is 13.4. The molecule has 1 aliphatic carbocycles. The van der Waals surface area contributed by atoms with Crippen molar-refractivity contribution >= 4 is 28.7 Å². The van der Waals surface area contributed by atoms with Crippen LogP contribution >= 0.6 is 0 Å². The van der Waals surface area contributed by atoms with Crippen LogP contribution in [0.2, 0.25) is 0 Å². The Morgan fingerprint density at radius 2 is 1.88 bits per heavy atom. The quantitative estimate of drug-likeness (QED) is 0.612. The number of hydrogen-bond acceptors (Lipinski definition) is 3. The van der Waals surface area contributed by atoms with E-state index in [0.29, 0.717) is 13.1 Å². The number of H-pyrrole nitrogens is 1. The number of imide groups is 1. The summed E-state index contributed by atoms with van der Waals surface area (Å²) < 4.78 is 0. The molecule has 1 saturated heterocycles. The van der Waals surface area contributed by atoms with Gasteiger partial charge in [-0.05, 0) is 48.9 Å². The van der Waals surface area contributed by atoms with E-state index in [1.807, 2.05) is 30.3 Å². The Kier molecular flexibility index (Phi) is 4.37. The van der Waals surface area contributed by atoms with E-state index in [1.165, 1.54) is 11.1 Å². The SMILES string of the molecule is CC1(c2ccc3c(c2)CCC3)NC(=O)N(CC(=O)N2CCc3[nH]c4ccccc4c3C2)C1=O. The molecule has 2 aliphatic heterocycles. The number of hydrogen-bond donors (Lipinski definition) is 2. The van der Waals surface area contributed by atoms with Crippen LogP contribution in [-0.4, -0.2) is 45.7 Å². The number of aryl methyl sites for hydroxylation is 2. The molecule has 0 bridgehead atoms. The van der Waals surface area contributed by atoms with Crippen molar-refractivity contribution in [3.05, 3.63) is 70.4 Å². The number of rotatable bonds is 3. The molecule has 168 valence electrons. The van der Waals surface area contributed by atoms with E-state index in [4.69, 9.17) is 0 Å². The topological polar surface area (TPSA) is 85.5 Å². The third-order valence-electron chi connectivity index (χ3n) is 7.48. The highest BCUT2D eigenvalue weighted by atomic mass is 16.2. The maximum atomic E-state index is 13.4. The minimum Gasteiger partial charge on any atom is -0.358 e. The number of benzene rings is 2. The highest BCUT2D eigenvalue weighted by molar-refractivity contribution is 6.09. The molecule has 1 unspecified atom stereocenters. The predicted octanol–water partition coefficient (Wildman–Crippen LogP) is 3.01. The predicted molar refractivity (Wildman–Crippen MR) is 123 cm³/mol. The van der Waals surface area contributed by atoms with Gasteiger partial charge in [0.05, 0.1) is 0 Å². The molecular formula is C26H26N4O3. The first-order valence-corrected chi connectivity index (χ1v) is 11.6. The molecule has 0 spiro atoms. The number of urea groups is 1. The highest BCUT2D eigenvalue weighted by Crippen LogP contribution is 2.33. The molecule has 7 heteroatoms. The Bertz CT molecular complexity index is 1330. The first-order chi connectivity index (χ1) is 15.9. The summed E-state index contributed by atoms with van der Waals surface area (Å²) in [6.45, 7) is 2.52. The number of nitrogens with one attached hydrogen (secondary N) is 2. The van der Waals surface area contributed by atoms with E-state index < -0.39 is 11.6 Å². The zero-order valence-electron chi connectivity index (χ0n) is 18.6. The number of fused-ring (bicyclic) bond motifs is 4. The third-order valence-corrected chi connectivity index (χ3v) is 7.48. The van der Waals surface area contributed by atoms with Gasteiger partial charge in [0, 0.05) is 41.7 Å². The van der Waals surface area contributed by atoms with Crippen molar-refractivity contribution < 1.29 is 14.4 Å². The molecule has 3 heterocycles. The fourth-order valence-corrected chi connectivity index (χ4v) is 5.53. The molecular weight excluding hydrogens is 416 g/mol. The molecule has 3 aliphatic rings. The minimum absolute atomic E-state index is 0.215. The highest BCUT2D eigenvalue weighted by Gasteiger charge is 2.50. The number of aromatic nitrogens is 1. The largest absolute Gasteiger partial charge is 0.358 e. The van der Waals surface area contributed by atoms with Gasteiger partial charge in [-0.3, -0.25) is 14.5 Å². The van der Waals surface area contributed by atoms with Gasteiger partial charge in [-0.25, -0.2) is 4.79 Å². The fourth-order valence-electron chi connectivity index (χ4n) is 5.53. The Labute approximate surface area is 191 Å². The third kappa shape index (κ3) is 3.06. The van der Waals surface area contributed by atoms with Gasteiger partial charge in [0.25, 0.3) is 5.91 Å². The number of nitrogens with zero attached hydrogens (tertiary/aromatic N) is 2. The summed E-state index contributed by atoms with van der Waals surface area (Å²) in [5.41, 5.74) is 5.51. The van der Waals surface area contributed by atoms with Crippen LogP contribution in [0.15, 0.2) is 42.5 Å². The second-order valence-electron chi connectivity index (χ2n) is 9.48. The van der Waals surface area contributed by atoms with Gasteiger partial charge >= 0.3 is 6.03 Å². The average Bonchev–Trinajstić information content (AvgIpc) is 3.49. The lowest BCUT2D eigenvalue weighted by atomic mass is 9.89. The Balaban J connectivity index is 1.21. The standard InChI is InChI=1S/C26H26N4O3/c1-26(18-10-9-16-5-4-6-17(16)13-18)24(32)30(25(33)28-26)15-23(31)29-12-11-22-20(14-29)19-7-2-3-8-21(19)27-22/h2-3,7-10,13,27H,4-6,11-12,14-15H2,1H3,(H,28,33). The van der Waals surface area contributed by atoms with Crippen LogP contribution in [0.25, 0.3) is 10.9 Å². The molecule has 2 aromatic carbocycles. The van der Waals surface area contributed by atoms with Crippen LogP contribution < -0.4 is 5.32 Å². The van der Waals surface area contributed by atoms with E-state index in [1.54, 1.807) is 11.8 Å². The van der Waals surface area contributed by atoms with Crippen molar-refractivity contribution in [3.63, 3.8) is 0 Å². The minimum atomic E-state index is -1.15. The lowest BCUT2D eigenvalue weighted by molar-refractivity contribution is -0.139. The molecule has 1 fully saturated rings. The number of carbonyl (C=O) groups is 3. The fraction of sp³-hybridized carbons (Fsp3) is 0.346. The summed E-state index contributed by atoms with van der Waals surface area (Å²) in [6, 6.07) is 13.6. The first kappa shape index (κ1) is 20.0.